The van der Waals surface area contributed by atoms with E-state index < -0.39 is 0 Å². The minimum atomic E-state index is -0.350. The molecule has 0 N–H and O–H groups in total. The third-order valence-corrected chi connectivity index (χ3v) is 3.55. The number of carbonyl (C=O) groups excluding carboxylic acids is 1. The Hall–Kier alpha value is -1.22. The molecule has 92 valence electrons. The summed E-state index contributed by atoms with van der Waals surface area (Å²) in [6.07, 6.45) is 2.24. The molecule has 0 bridgehead atoms. The lowest BCUT2D eigenvalue weighted by molar-refractivity contribution is 0.0871. The number of hydrogen-bond acceptors (Lipinski definition) is 2. The van der Waals surface area contributed by atoms with Crippen LogP contribution in [0.15, 0.2) is 24.3 Å². The SMILES string of the molecule is CC1(C)CCCN1CC(=O)c1cccc(F)c1. The van der Waals surface area contributed by atoms with E-state index >= 15 is 0 Å². The number of halogens is 1. The van der Waals surface area contributed by atoms with Gasteiger partial charge in [-0.25, -0.2) is 4.39 Å². The van der Waals surface area contributed by atoms with Crippen LogP contribution >= 0.6 is 0 Å². The summed E-state index contributed by atoms with van der Waals surface area (Å²) >= 11 is 0. The van der Waals surface area contributed by atoms with E-state index in [4.69, 9.17) is 0 Å². The van der Waals surface area contributed by atoms with Crippen LogP contribution in [0.3, 0.4) is 0 Å². The third kappa shape index (κ3) is 2.72. The molecule has 0 spiro atoms. The summed E-state index contributed by atoms with van der Waals surface area (Å²) in [6.45, 7) is 5.64. The fourth-order valence-corrected chi connectivity index (χ4v) is 2.38. The van der Waals surface area contributed by atoms with Crippen molar-refractivity contribution in [2.75, 3.05) is 13.1 Å². The topological polar surface area (TPSA) is 20.3 Å². The largest absolute Gasteiger partial charge is 0.293 e. The summed E-state index contributed by atoms with van der Waals surface area (Å²) in [5, 5.41) is 0. The van der Waals surface area contributed by atoms with Gasteiger partial charge in [-0.3, -0.25) is 9.69 Å². The van der Waals surface area contributed by atoms with Crippen LogP contribution in [0.4, 0.5) is 4.39 Å². The smallest absolute Gasteiger partial charge is 0.176 e. The maximum absolute atomic E-state index is 13.0. The highest BCUT2D eigenvalue weighted by Gasteiger charge is 2.32. The highest BCUT2D eigenvalue weighted by atomic mass is 19.1. The predicted molar refractivity (Wildman–Crippen MR) is 65.6 cm³/mol. The van der Waals surface area contributed by atoms with Gasteiger partial charge in [-0.2, -0.15) is 0 Å². The molecule has 0 aromatic heterocycles. The lowest BCUT2D eigenvalue weighted by atomic mass is 10.0. The van der Waals surface area contributed by atoms with Crippen molar-refractivity contribution in [3.63, 3.8) is 0 Å². The van der Waals surface area contributed by atoms with Crippen molar-refractivity contribution in [3.05, 3.63) is 35.6 Å². The highest BCUT2D eigenvalue weighted by Crippen LogP contribution is 2.28. The van der Waals surface area contributed by atoms with E-state index in [1.165, 1.54) is 12.1 Å². The molecular weight excluding hydrogens is 217 g/mol. The maximum atomic E-state index is 13.0. The summed E-state index contributed by atoms with van der Waals surface area (Å²) in [5.74, 6) is -0.351. The normalized spacial score (nSPS) is 19.5. The van der Waals surface area contributed by atoms with Gasteiger partial charge in [-0.15, -0.1) is 0 Å². The molecule has 1 fully saturated rings. The summed E-state index contributed by atoms with van der Waals surface area (Å²) in [7, 11) is 0. The molecule has 1 aliphatic heterocycles. The molecule has 1 aromatic rings. The van der Waals surface area contributed by atoms with Crippen LogP contribution < -0.4 is 0 Å². The molecule has 0 unspecified atom stereocenters. The quantitative estimate of drug-likeness (QED) is 0.751. The Morgan fingerprint density at radius 3 is 2.82 bits per heavy atom. The predicted octanol–water partition coefficient (Wildman–Crippen LogP) is 2.88. The first-order valence-corrected chi connectivity index (χ1v) is 6.03. The zero-order valence-electron chi connectivity index (χ0n) is 10.4. The lowest BCUT2D eigenvalue weighted by Crippen LogP contribution is -2.41. The standard InChI is InChI=1S/C14H18FNO/c1-14(2)7-4-8-16(14)10-13(17)11-5-3-6-12(15)9-11/h3,5-6,9H,4,7-8,10H2,1-2H3. The van der Waals surface area contributed by atoms with Crippen molar-refractivity contribution in [2.24, 2.45) is 0 Å². The summed E-state index contributed by atoms with van der Waals surface area (Å²) < 4.78 is 13.0. The maximum Gasteiger partial charge on any atom is 0.176 e. The molecular formula is C14H18FNO. The van der Waals surface area contributed by atoms with E-state index in [2.05, 4.69) is 18.7 Å². The van der Waals surface area contributed by atoms with Crippen molar-refractivity contribution in [2.45, 2.75) is 32.2 Å². The van der Waals surface area contributed by atoms with Gasteiger partial charge in [0.2, 0.25) is 0 Å². The second kappa shape index (κ2) is 4.57. The van der Waals surface area contributed by atoms with Gasteiger partial charge in [0, 0.05) is 11.1 Å². The van der Waals surface area contributed by atoms with Gasteiger partial charge >= 0.3 is 0 Å². The number of likely N-dealkylation sites (tertiary alicyclic amines) is 1. The Morgan fingerprint density at radius 1 is 1.47 bits per heavy atom. The first-order chi connectivity index (χ1) is 7.99. The van der Waals surface area contributed by atoms with Crippen molar-refractivity contribution in [1.82, 2.24) is 4.90 Å². The minimum absolute atomic E-state index is 0.000486. The molecule has 2 rings (SSSR count). The van der Waals surface area contributed by atoms with Crippen LogP contribution in [-0.2, 0) is 0 Å². The van der Waals surface area contributed by atoms with Crippen LogP contribution in [-0.4, -0.2) is 29.3 Å². The Bertz CT molecular complexity index is 428. The Morgan fingerprint density at radius 2 is 2.24 bits per heavy atom. The van der Waals surface area contributed by atoms with E-state index in [9.17, 15) is 9.18 Å². The van der Waals surface area contributed by atoms with E-state index in [1.807, 2.05) is 0 Å². The summed E-state index contributed by atoms with van der Waals surface area (Å²) in [6, 6.07) is 5.92. The molecule has 1 heterocycles. The summed E-state index contributed by atoms with van der Waals surface area (Å²) in [5.41, 5.74) is 0.552. The molecule has 0 radical (unpaired) electrons. The second-order valence-electron chi connectivity index (χ2n) is 5.27. The second-order valence-corrected chi connectivity index (χ2v) is 5.27. The molecule has 17 heavy (non-hydrogen) atoms. The average molecular weight is 235 g/mol. The van der Waals surface area contributed by atoms with Crippen LogP contribution in [0.25, 0.3) is 0 Å². The van der Waals surface area contributed by atoms with E-state index in [-0.39, 0.29) is 17.1 Å². The molecule has 1 aliphatic rings. The number of rotatable bonds is 3. The van der Waals surface area contributed by atoms with E-state index in [0.717, 1.165) is 19.4 Å². The van der Waals surface area contributed by atoms with Crippen LogP contribution in [0, 0.1) is 5.82 Å². The molecule has 2 nitrogen and oxygen atoms in total. The molecule has 0 aliphatic carbocycles. The lowest BCUT2D eigenvalue weighted by Gasteiger charge is -2.30. The zero-order valence-corrected chi connectivity index (χ0v) is 10.4. The monoisotopic (exact) mass is 235 g/mol. The zero-order chi connectivity index (χ0) is 12.5. The van der Waals surface area contributed by atoms with E-state index in [0.29, 0.717) is 12.1 Å². The van der Waals surface area contributed by atoms with Gasteiger partial charge in [0.05, 0.1) is 6.54 Å². The number of hydrogen-bond donors (Lipinski definition) is 0. The number of Topliss-reactive ketones (excluding diaryl/α,β-unsaturated/α-hetero) is 1. The van der Waals surface area contributed by atoms with Gasteiger partial charge in [-0.1, -0.05) is 12.1 Å². The molecule has 1 aromatic carbocycles. The average Bonchev–Trinajstić information content (AvgIpc) is 2.58. The minimum Gasteiger partial charge on any atom is -0.293 e. The molecule has 0 atom stereocenters. The number of carbonyl (C=O) groups is 1. The first kappa shape index (κ1) is 12.2. The van der Waals surface area contributed by atoms with Crippen molar-refractivity contribution < 1.29 is 9.18 Å². The Labute approximate surface area is 101 Å². The number of ketones is 1. The molecule has 3 heteroatoms. The Balaban J connectivity index is 2.07. The van der Waals surface area contributed by atoms with Gasteiger partial charge in [0.1, 0.15) is 5.82 Å². The fourth-order valence-electron chi connectivity index (χ4n) is 2.38. The first-order valence-electron chi connectivity index (χ1n) is 6.03. The van der Waals surface area contributed by atoms with Gasteiger partial charge < -0.3 is 0 Å². The highest BCUT2D eigenvalue weighted by molar-refractivity contribution is 5.97. The van der Waals surface area contributed by atoms with Crippen molar-refractivity contribution >= 4 is 5.78 Å². The van der Waals surface area contributed by atoms with Gasteiger partial charge in [-0.05, 0) is 45.4 Å². The summed E-state index contributed by atoms with van der Waals surface area (Å²) in [4.78, 5) is 14.2. The molecule has 1 saturated heterocycles. The Kier molecular flexibility index (Phi) is 3.29. The van der Waals surface area contributed by atoms with Crippen LogP contribution in [0.1, 0.15) is 37.0 Å². The fraction of sp³-hybridized carbons (Fsp3) is 0.500. The van der Waals surface area contributed by atoms with E-state index in [1.54, 1.807) is 12.1 Å². The van der Waals surface area contributed by atoms with Gasteiger partial charge in [0.25, 0.3) is 0 Å². The van der Waals surface area contributed by atoms with Crippen molar-refractivity contribution in [3.8, 4) is 0 Å². The third-order valence-electron chi connectivity index (χ3n) is 3.55. The van der Waals surface area contributed by atoms with Gasteiger partial charge in [0.15, 0.2) is 5.78 Å². The number of nitrogens with zero attached hydrogens (tertiary/aromatic N) is 1. The number of benzene rings is 1. The molecule has 0 amide bonds. The van der Waals surface area contributed by atoms with Crippen LogP contribution in [0.2, 0.25) is 0 Å². The van der Waals surface area contributed by atoms with Crippen LogP contribution in [0.5, 0.6) is 0 Å². The molecule has 0 saturated carbocycles. The van der Waals surface area contributed by atoms with Crippen molar-refractivity contribution in [1.29, 1.82) is 0 Å².